The molecule has 2 rings (SSSR count). The second-order valence-corrected chi connectivity index (χ2v) is 4.26. The van der Waals surface area contributed by atoms with Crippen molar-refractivity contribution in [2.24, 2.45) is 7.05 Å². The quantitative estimate of drug-likeness (QED) is 0.863. The lowest BCUT2D eigenvalue weighted by atomic mass is 10.1. The number of fused-ring (bicyclic) bond motifs is 1. The van der Waals surface area contributed by atoms with Crippen molar-refractivity contribution in [1.82, 2.24) is 4.57 Å². The van der Waals surface area contributed by atoms with Gasteiger partial charge in [0.05, 0.1) is 5.56 Å². The van der Waals surface area contributed by atoms with Gasteiger partial charge in [-0.15, -0.1) is 0 Å². The van der Waals surface area contributed by atoms with Crippen LogP contribution in [0, 0.1) is 6.92 Å². The van der Waals surface area contributed by atoms with Gasteiger partial charge >= 0.3 is 5.97 Å². The monoisotopic (exact) mass is 267 g/mol. The Balaban J connectivity index is 2.98. The Hall–Kier alpha value is -1.29. The highest BCUT2D eigenvalue weighted by atomic mass is 79.9. The lowest BCUT2D eigenvalue weighted by Gasteiger charge is -1.99. The minimum absolute atomic E-state index is 0.336. The molecule has 0 fully saturated rings. The van der Waals surface area contributed by atoms with Crippen molar-refractivity contribution in [3.63, 3.8) is 0 Å². The van der Waals surface area contributed by atoms with Crippen LogP contribution >= 0.6 is 15.9 Å². The van der Waals surface area contributed by atoms with Crippen LogP contribution in [0.15, 0.2) is 22.7 Å². The number of aryl methyl sites for hydroxylation is 1. The summed E-state index contributed by atoms with van der Waals surface area (Å²) in [4.78, 5) is 11.1. The summed E-state index contributed by atoms with van der Waals surface area (Å²) in [5.41, 5.74) is 2.29. The van der Waals surface area contributed by atoms with E-state index < -0.39 is 5.97 Å². The molecule has 0 spiro atoms. The number of nitrogens with zero attached hydrogens (tertiary/aromatic N) is 1. The van der Waals surface area contributed by atoms with Crippen LogP contribution in [0.5, 0.6) is 0 Å². The number of aromatic carboxylic acids is 1. The average Bonchev–Trinajstić information content (AvgIpc) is 2.44. The lowest BCUT2D eigenvalue weighted by Crippen LogP contribution is -1.97. The fourth-order valence-corrected chi connectivity index (χ4v) is 2.42. The minimum atomic E-state index is -0.896. The number of aromatic nitrogens is 1. The molecule has 1 aromatic carbocycles. The first kappa shape index (κ1) is 10.2. The maximum Gasteiger partial charge on any atom is 0.336 e. The Morgan fingerprint density at radius 3 is 2.73 bits per heavy atom. The summed E-state index contributed by atoms with van der Waals surface area (Å²) in [6, 6.07) is 5.30. The molecule has 0 aliphatic heterocycles. The van der Waals surface area contributed by atoms with Crippen molar-refractivity contribution < 1.29 is 9.90 Å². The largest absolute Gasteiger partial charge is 0.478 e. The van der Waals surface area contributed by atoms with Gasteiger partial charge in [0.25, 0.3) is 0 Å². The van der Waals surface area contributed by atoms with Gasteiger partial charge in [-0.05, 0) is 35.0 Å². The Morgan fingerprint density at radius 1 is 1.47 bits per heavy atom. The van der Waals surface area contributed by atoms with E-state index in [2.05, 4.69) is 15.9 Å². The van der Waals surface area contributed by atoms with E-state index in [4.69, 9.17) is 5.11 Å². The number of carbonyl (C=O) groups is 1. The zero-order chi connectivity index (χ0) is 11.2. The van der Waals surface area contributed by atoms with Crippen LogP contribution in [0.1, 0.15) is 16.1 Å². The molecule has 0 saturated heterocycles. The van der Waals surface area contributed by atoms with E-state index in [9.17, 15) is 4.79 Å². The van der Waals surface area contributed by atoms with Gasteiger partial charge < -0.3 is 9.67 Å². The van der Waals surface area contributed by atoms with Crippen LogP contribution in [0.2, 0.25) is 0 Å². The van der Waals surface area contributed by atoms with Crippen molar-refractivity contribution in [3.8, 4) is 0 Å². The summed E-state index contributed by atoms with van der Waals surface area (Å²) in [7, 11) is 1.92. The second kappa shape index (κ2) is 3.38. The van der Waals surface area contributed by atoms with Crippen LogP contribution in [0.4, 0.5) is 0 Å². The van der Waals surface area contributed by atoms with Gasteiger partial charge in [0.15, 0.2) is 0 Å². The third kappa shape index (κ3) is 1.36. The van der Waals surface area contributed by atoms with Crippen LogP contribution in [0.25, 0.3) is 10.9 Å². The fraction of sp³-hybridized carbons (Fsp3) is 0.182. The van der Waals surface area contributed by atoms with E-state index in [0.717, 1.165) is 21.1 Å². The average molecular weight is 268 g/mol. The van der Waals surface area contributed by atoms with E-state index in [1.807, 2.05) is 24.6 Å². The SMILES string of the molecule is Cc1c(Br)c2c(C(=O)O)cccc2n1C. The highest BCUT2D eigenvalue weighted by Gasteiger charge is 2.16. The molecule has 0 aliphatic carbocycles. The number of benzene rings is 1. The zero-order valence-corrected chi connectivity index (χ0v) is 10.00. The molecule has 0 radical (unpaired) electrons. The van der Waals surface area contributed by atoms with Crippen molar-refractivity contribution in [2.75, 3.05) is 0 Å². The number of hydrogen-bond donors (Lipinski definition) is 1. The minimum Gasteiger partial charge on any atom is -0.478 e. The standard InChI is InChI=1S/C11H10BrNO2/c1-6-10(12)9-7(11(14)15)4-3-5-8(9)13(6)2/h3-5H,1-2H3,(H,14,15). The third-order valence-electron chi connectivity index (χ3n) is 2.67. The molecule has 0 atom stereocenters. The van der Waals surface area contributed by atoms with Crippen molar-refractivity contribution in [3.05, 3.63) is 33.9 Å². The smallest absolute Gasteiger partial charge is 0.336 e. The van der Waals surface area contributed by atoms with Crippen LogP contribution in [0.3, 0.4) is 0 Å². The first-order valence-corrected chi connectivity index (χ1v) is 5.30. The summed E-state index contributed by atoms with van der Waals surface area (Å²) in [6.07, 6.45) is 0. The molecule has 0 saturated carbocycles. The molecule has 78 valence electrons. The molecule has 3 nitrogen and oxygen atoms in total. The van der Waals surface area contributed by atoms with Gasteiger partial charge in [0.1, 0.15) is 0 Å². The molecule has 1 aromatic heterocycles. The first-order chi connectivity index (χ1) is 7.04. The highest BCUT2D eigenvalue weighted by Crippen LogP contribution is 2.32. The summed E-state index contributed by atoms with van der Waals surface area (Å²) >= 11 is 3.44. The molecule has 1 N–H and O–H groups in total. The lowest BCUT2D eigenvalue weighted by molar-refractivity contribution is 0.0699. The van der Waals surface area contributed by atoms with Crippen molar-refractivity contribution in [2.45, 2.75) is 6.92 Å². The Labute approximate surface area is 95.5 Å². The number of hydrogen-bond acceptors (Lipinski definition) is 1. The van der Waals surface area contributed by atoms with E-state index in [1.54, 1.807) is 12.1 Å². The van der Waals surface area contributed by atoms with Gasteiger partial charge in [-0.25, -0.2) is 4.79 Å². The van der Waals surface area contributed by atoms with E-state index >= 15 is 0 Å². The number of rotatable bonds is 1. The summed E-state index contributed by atoms with van der Waals surface area (Å²) < 4.78 is 2.84. The Morgan fingerprint density at radius 2 is 2.13 bits per heavy atom. The Bertz CT molecular complexity index is 557. The Kier molecular flexibility index (Phi) is 2.31. The summed E-state index contributed by atoms with van der Waals surface area (Å²) in [5.74, 6) is -0.896. The van der Waals surface area contributed by atoms with E-state index in [-0.39, 0.29) is 0 Å². The molecular weight excluding hydrogens is 258 g/mol. The maximum atomic E-state index is 11.1. The third-order valence-corrected chi connectivity index (χ3v) is 3.64. The molecule has 0 bridgehead atoms. The number of carboxylic acids is 1. The highest BCUT2D eigenvalue weighted by molar-refractivity contribution is 9.10. The molecule has 1 heterocycles. The van der Waals surface area contributed by atoms with Crippen LogP contribution < -0.4 is 0 Å². The molecule has 4 heteroatoms. The van der Waals surface area contributed by atoms with Gasteiger partial charge in [0.2, 0.25) is 0 Å². The fourth-order valence-electron chi connectivity index (χ4n) is 1.74. The van der Waals surface area contributed by atoms with Gasteiger partial charge in [0, 0.05) is 28.1 Å². The zero-order valence-electron chi connectivity index (χ0n) is 8.41. The maximum absolute atomic E-state index is 11.1. The van der Waals surface area contributed by atoms with E-state index in [0.29, 0.717) is 5.56 Å². The molecule has 15 heavy (non-hydrogen) atoms. The summed E-state index contributed by atoms with van der Waals surface area (Å²) in [5, 5.41) is 9.85. The van der Waals surface area contributed by atoms with Gasteiger partial charge in [-0.3, -0.25) is 0 Å². The van der Waals surface area contributed by atoms with Gasteiger partial charge in [-0.2, -0.15) is 0 Å². The molecule has 0 aliphatic rings. The van der Waals surface area contributed by atoms with Crippen LogP contribution in [-0.2, 0) is 7.05 Å². The molecule has 2 aromatic rings. The predicted molar refractivity (Wildman–Crippen MR) is 62.3 cm³/mol. The molecule has 0 unspecified atom stereocenters. The topological polar surface area (TPSA) is 42.2 Å². The van der Waals surface area contributed by atoms with Crippen LogP contribution in [-0.4, -0.2) is 15.6 Å². The normalized spacial score (nSPS) is 10.9. The van der Waals surface area contributed by atoms with Crippen molar-refractivity contribution >= 4 is 32.8 Å². The molecular formula is C11H10BrNO2. The van der Waals surface area contributed by atoms with Gasteiger partial charge in [-0.1, -0.05) is 6.07 Å². The van der Waals surface area contributed by atoms with E-state index in [1.165, 1.54) is 0 Å². The number of halogens is 1. The first-order valence-electron chi connectivity index (χ1n) is 4.51. The molecule has 0 amide bonds. The second-order valence-electron chi connectivity index (χ2n) is 3.46. The van der Waals surface area contributed by atoms with Crippen molar-refractivity contribution in [1.29, 1.82) is 0 Å². The predicted octanol–water partition coefficient (Wildman–Crippen LogP) is 2.95. The summed E-state index contributed by atoms with van der Waals surface area (Å²) in [6.45, 7) is 1.95. The number of carboxylic acid groups (broad SMARTS) is 1.